The van der Waals surface area contributed by atoms with Crippen LogP contribution in [0.5, 0.6) is 0 Å². The van der Waals surface area contributed by atoms with E-state index < -0.39 is 0 Å². The van der Waals surface area contributed by atoms with Gasteiger partial charge in [0.1, 0.15) is 4.88 Å². The van der Waals surface area contributed by atoms with E-state index in [1.807, 2.05) is 23.1 Å². The predicted molar refractivity (Wildman–Crippen MR) is 89.3 cm³/mol. The number of nitrogen functional groups attached to an aromatic ring is 1. The Morgan fingerprint density at radius 2 is 2.10 bits per heavy atom. The first-order chi connectivity index (χ1) is 10.1. The summed E-state index contributed by atoms with van der Waals surface area (Å²) >= 11 is 7.44. The number of benzene rings is 1. The topological polar surface area (TPSA) is 49.6 Å². The van der Waals surface area contributed by atoms with Gasteiger partial charge in [0.25, 0.3) is 5.91 Å². The Bertz CT molecular complexity index is 685. The van der Waals surface area contributed by atoms with Gasteiger partial charge in [-0.05, 0) is 38.2 Å². The second kappa shape index (κ2) is 5.83. The number of fused-ring (bicyclic) bond motifs is 1. The maximum atomic E-state index is 12.7. The molecule has 21 heavy (non-hydrogen) atoms. The van der Waals surface area contributed by atoms with Crippen LogP contribution in [0.1, 0.15) is 16.1 Å². The van der Waals surface area contributed by atoms with Crippen LogP contribution < -0.4 is 5.73 Å². The molecule has 1 aliphatic rings. The van der Waals surface area contributed by atoms with Gasteiger partial charge in [-0.15, -0.1) is 11.3 Å². The molecule has 0 unspecified atom stereocenters. The molecule has 2 aromatic rings. The van der Waals surface area contributed by atoms with Crippen LogP contribution in [0.3, 0.4) is 0 Å². The van der Waals surface area contributed by atoms with Crippen LogP contribution in [0.2, 0.25) is 5.02 Å². The number of hydrogen-bond donors (Lipinski definition) is 1. The van der Waals surface area contributed by atoms with Crippen molar-refractivity contribution in [1.82, 2.24) is 9.80 Å². The Kier molecular flexibility index (Phi) is 4.06. The van der Waals surface area contributed by atoms with E-state index in [-0.39, 0.29) is 5.91 Å². The summed E-state index contributed by atoms with van der Waals surface area (Å²) in [4.78, 5) is 17.5. The highest BCUT2D eigenvalue weighted by Crippen LogP contribution is 2.36. The minimum absolute atomic E-state index is 0.0418. The van der Waals surface area contributed by atoms with E-state index in [2.05, 4.69) is 11.9 Å². The summed E-state index contributed by atoms with van der Waals surface area (Å²) in [6.07, 6.45) is 0.999. The largest absolute Gasteiger partial charge is 0.397 e. The van der Waals surface area contributed by atoms with Crippen molar-refractivity contribution in [2.24, 2.45) is 0 Å². The van der Waals surface area contributed by atoms with Gasteiger partial charge >= 0.3 is 0 Å². The molecule has 0 saturated carbocycles. The molecule has 2 heterocycles. The van der Waals surface area contributed by atoms with Crippen LogP contribution in [0.15, 0.2) is 18.2 Å². The quantitative estimate of drug-likeness (QED) is 0.878. The SMILES string of the molecule is CN1CCCN(C(=O)c2sc3cc(Cl)ccc3c2N)CC1. The van der Waals surface area contributed by atoms with Gasteiger partial charge in [-0.3, -0.25) is 4.79 Å². The molecule has 0 aliphatic carbocycles. The van der Waals surface area contributed by atoms with Gasteiger partial charge in [0.2, 0.25) is 0 Å². The fourth-order valence-corrected chi connectivity index (χ4v) is 4.01. The molecule has 1 fully saturated rings. The first-order valence-corrected chi connectivity index (χ1v) is 8.21. The summed E-state index contributed by atoms with van der Waals surface area (Å²) in [6.45, 7) is 3.48. The lowest BCUT2D eigenvalue weighted by Gasteiger charge is -2.20. The minimum atomic E-state index is 0.0418. The fraction of sp³-hybridized carbons (Fsp3) is 0.400. The molecule has 4 nitrogen and oxygen atoms in total. The van der Waals surface area contributed by atoms with Gasteiger partial charge in [0.15, 0.2) is 0 Å². The normalized spacial score (nSPS) is 17.1. The van der Waals surface area contributed by atoms with Crippen molar-refractivity contribution in [2.45, 2.75) is 6.42 Å². The molecule has 0 atom stereocenters. The third-order valence-electron chi connectivity index (χ3n) is 3.89. The number of carbonyl (C=O) groups excluding carboxylic acids is 1. The second-order valence-corrected chi connectivity index (χ2v) is 6.92. The highest BCUT2D eigenvalue weighted by atomic mass is 35.5. The summed E-state index contributed by atoms with van der Waals surface area (Å²) in [5, 5.41) is 1.58. The number of anilines is 1. The summed E-state index contributed by atoms with van der Waals surface area (Å²) < 4.78 is 0.968. The van der Waals surface area contributed by atoms with Crippen molar-refractivity contribution < 1.29 is 4.79 Å². The van der Waals surface area contributed by atoms with Crippen LogP contribution in [-0.2, 0) is 0 Å². The van der Waals surface area contributed by atoms with Crippen LogP contribution in [0.4, 0.5) is 5.69 Å². The summed E-state index contributed by atoms with van der Waals surface area (Å²) in [7, 11) is 2.09. The lowest BCUT2D eigenvalue weighted by molar-refractivity contribution is 0.0768. The zero-order valence-corrected chi connectivity index (χ0v) is 13.5. The lowest BCUT2D eigenvalue weighted by atomic mass is 10.2. The van der Waals surface area contributed by atoms with E-state index in [9.17, 15) is 4.79 Å². The number of nitrogens with zero attached hydrogens (tertiary/aromatic N) is 2. The molecule has 112 valence electrons. The van der Waals surface area contributed by atoms with Crippen LogP contribution in [0.25, 0.3) is 10.1 Å². The van der Waals surface area contributed by atoms with Crippen molar-refractivity contribution in [3.05, 3.63) is 28.1 Å². The van der Waals surface area contributed by atoms with Crippen molar-refractivity contribution >= 4 is 44.6 Å². The molecule has 2 N–H and O–H groups in total. The highest BCUT2D eigenvalue weighted by Gasteiger charge is 2.23. The molecular formula is C15H18ClN3OS. The van der Waals surface area contributed by atoms with Crippen molar-refractivity contribution in [1.29, 1.82) is 0 Å². The summed E-state index contributed by atoms with van der Waals surface area (Å²) in [6, 6.07) is 5.56. The van der Waals surface area contributed by atoms with E-state index in [0.29, 0.717) is 15.6 Å². The second-order valence-electron chi connectivity index (χ2n) is 5.43. The Morgan fingerprint density at radius 3 is 2.90 bits per heavy atom. The average molecular weight is 324 g/mol. The van der Waals surface area contributed by atoms with E-state index >= 15 is 0 Å². The number of amides is 1. The number of thiophene rings is 1. The first kappa shape index (κ1) is 14.6. The van der Waals surface area contributed by atoms with Crippen molar-refractivity contribution in [3.63, 3.8) is 0 Å². The molecule has 3 rings (SSSR count). The van der Waals surface area contributed by atoms with Crippen LogP contribution in [0, 0.1) is 0 Å². The zero-order chi connectivity index (χ0) is 15.0. The Balaban J connectivity index is 1.92. The van der Waals surface area contributed by atoms with Crippen LogP contribution >= 0.6 is 22.9 Å². The number of rotatable bonds is 1. The molecule has 1 saturated heterocycles. The number of carbonyl (C=O) groups is 1. The highest BCUT2D eigenvalue weighted by molar-refractivity contribution is 7.21. The monoisotopic (exact) mass is 323 g/mol. The smallest absolute Gasteiger partial charge is 0.266 e. The number of halogens is 1. The van der Waals surface area contributed by atoms with E-state index in [0.717, 1.165) is 42.7 Å². The van der Waals surface area contributed by atoms with Crippen molar-refractivity contribution in [2.75, 3.05) is 39.0 Å². The fourth-order valence-electron chi connectivity index (χ4n) is 2.64. The van der Waals surface area contributed by atoms with Gasteiger partial charge in [-0.2, -0.15) is 0 Å². The van der Waals surface area contributed by atoms with Gasteiger partial charge in [0, 0.05) is 34.7 Å². The maximum absolute atomic E-state index is 12.7. The van der Waals surface area contributed by atoms with E-state index in [1.165, 1.54) is 11.3 Å². The van der Waals surface area contributed by atoms with Gasteiger partial charge in [-0.1, -0.05) is 11.6 Å². The number of hydrogen-bond acceptors (Lipinski definition) is 4. The maximum Gasteiger partial charge on any atom is 0.266 e. The molecule has 1 amide bonds. The minimum Gasteiger partial charge on any atom is -0.397 e. The summed E-state index contributed by atoms with van der Waals surface area (Å²) in [5.41, 5.74) is 6.75. The molecule has 0 spiro atoms. The number of likely N-dealkylation sites (N-methyl/N-ethyl adjacent to an activating group) is 1. The third-order valence-corrected chi connectivity index (χ3v) is 5.28. The van der Waals surface area contributed by atoms with Gasteiger partial charge in [-0.25, -0.2) is 0 Å². The number of nitrogens with two attached hydrogens (primary N) is 1. The molecular weight excluding hydrogens is 306 g/mol. The Hall–Kier alpha value is -1.30. The standard InChI is InChI=1S/C15H18ClN3OS/c1-18-5-2-6-19(8-7-18)15(20)14-13(17)11-4-3-10(16)9-12(11)21-14/h3-4,9H,2,5-8,17H2,1H3. The Labute approximate surface area is 133 Å². The molecule has 1 aromatic carbocycles. The Morgan fingerprint density at radius 1 is 1.29 bits per heavy atom. The first-order valence-electron chi connectivity index (χ1n) is 7.01. The van der Waals surface area contributed by atoms with Gasteiger partial charge in [0.05, 0.1) is 5.69 Å². The average Bonchev–Trinajstić information content (AvgIpc) is 2.63. The molecule has 1 aromatic heterocycles. The molecule has 0 bridgehead atoms. The van der Waals surface area contributed by atoms with Gasteiger partial charge < -0.3 is 15.5 Å². The molecule has 6 heteroatoms. The van der Waals surface area contributed by atoms with Crippen LogP contribution in [-0.4, -0.2) is 48.9 Å². The lowest BCUT2D eigenvalue weighted by Crippen LogP contribution is -2.34. The molecule has 0 radical (unpaired) electrons. The zero-order valence-electron chi connectivity index (χ0n) is 11.9. The van der Waals surface area contributed by atoms with E-state index in [1.54, 1.807) is 0 Å². The van der Waals surface area contributed by atoms with Crippen molar-refractivity contribution in [3.8, 4) is 0 Å². The summed E-state index contributed by atoms with van der Waals surface area (Å²) in [5.74, 6) is 0.0418. The molecule has 1 aliphatic heterocycles. The van der Waals surface area contributed by atoms with E-state index in [4.69, 9.17) is 17.3 Å². The third kappa shape index (κ3) is 2.86. The predicted octanol–water partition coefficient (Wildman–Crippen LogP) is 2.91.